The van der Waals surface area contributed by atoms with E-state index in [-0.39, 0.29) is 0 Å². The highest BCUT2D eigenvalue weighted by atomic mass is 16.2. The van der Waals surface area contributed by atoms with E-state index in [4.69, 9.17) is 0 Å². The molecule has 1 amide bonds. The van der Waals surface area contributed by atoms with Crippen molar-refractivity contribution in [3.63, 3.8) is 0 Å². The van der Waals surface area contributed by atoms with Crippen molar-refractivity contribution in [1.29, 1.82) is 0 Å². The second-order valence-corrected chi connectivity index (χ2v) is 11.3. The Labute approximate surface area is 214 Å². The molecule has 3 nitrogen and oxygen atoms in total. The lowest BCUT2D eigenvalue weighted by atomic mass is 9.99. The van der Waals surface area contributed by atoms with Gasteiger partial charge in [-0.3, -0.25) is 4.79 Å². The number of carbonyl (C=O) groups excluding carboxylic acids is 1. The van der Waals surface area contributed by atoms with Crippen LogP contribution >= 0.6 is 0 Å². The summed E-state index contributed by atoms with van der Waals surface area (Å²) in [6.45, 7) is 12.6. The van der Waals surface area contributed by atoms with Gasteiger partial charge in [0.2, 0.25) is 5.91 Å². The van der Waals surface area contributed by atoms with Gasteiger partial charge in [0.1, 0.15) is 0 Å². The third-order valence-corrected chi connectivity index (χ3v) is 7.91. The minimum absolute atomic E-state index is 0.407. The van der Waals surface area contributed by atoms with Crippen LogP contribution in [0, 0.1) is 5.92 Å². The molecule has 1 aliphatic rings. The summed E-state index contributed by atoms with van der Waals surface area (Å²) in [5.41, 5.74) is 0. The van der Waals surface area contributed by atoms with Crippen LogP contribution in [0.3, 0.4) is 0 Å². The molecule has 0 atom stereocenters. The van der Waals surface area contributed by atoms with Crippen molar-refractivity contribution in [2.75, 3.05) is 32.7 Å². The molecule has 3 heteroatoms. The van der Waals surface area contributed by atoms with Gasteiger partial charge in [0.05, 0.1) is 0 Å². The second kappa shape index (κ2) is 22.9. The SMILES string of the molecule is CCCCCCCCCCN(CCCCCCCCCC)CCCCC(=O)N1CCC(C)CC1. The summed E-state index contributed by atoms with van der Waals surface area (Å²) >= 11 is 0. The molecule has 1 aliphatic heterocycles. The molecule has 0 aliphatic carbocycles. The molecule has 1 heterocycles. The average Bonchev–Trinajstić information content (AvgIpc) is 2.84. The minimum Gasteiger partial charge on any atom is -0.343 e. The molecule has 0 N–H and O–H groups in total. The van der Waals surface area contributed by atoms with E-state index < -0.39 is 0 Å². The van der Waals surface area contributed by atoms with Crippen molar-refractivity contribution in [3.8, 4) is 0 Å². The first-order valence-corrected chi connectivity index (χ1v) is 15.7. The van der Waals surface area contributed by atoms with Crippen LogP contribution in [-0.2, 0) is 4.79 Å². The zero-order valence-electron chi connectivity index (χ0n) is 23.8. The smallest absolute Gasteiger partial charge is 0.222 e. The molecule has 0 aromatic heterocycles. The molecule has 34 heavy (non-hydrogen) atoms. The van der Waals surface area contributed by atoms with Gasteiger partial charge in [-0.15, -0.1) is 0 Å². The van der Waals surface area contributed by atoms with Crippen molar-refractivity contribution >= 4 is 5.91 Å². The number of carbonyl (C=O) groups is 1. The Morgan fingerprint density at radius 2 is 1.00 bits per heavy atom. The number of hydrogen-bond donors (Lipinski definition) is 0. The van der Waals surface area contributed by atoms with Crippen LogP contribution in [0.15, 0.2) is 0 Å². The maximum absolute atomic E-state index is 12.5. The predicted octanol–water partition coefficient (Wildman–Crippen LogP) is 9.00. The molecule has 0 bridgehead atoms. The zero-order valence-corrected chi connectivity index (χ0v) is 23.8. The Bertz CT molecular complexity index is 425. The fraction of sp³-hybridized carbons (Fsp3) is 0.968. The van der Waals surface area contributed by atoms with Crippen LogP contribution in [0.25, 0.3) is 0 Å². The topological polar surface area (TPSA) is 23.6 Å². The fourth-order valence-corrected chi connectivity index (χ4v) is 5.30. The molecule has 0 saturated carbocycles. The van der Waals surface area contributed by atoms with Crippen LogP contribution < -0.4 is 0 Å². The number of hydrogen-bond acceptors (Lipinski definition) is 2. The monoisotopic (exact) mass is 478 g/mol. The van der Waals surface area contributed by atoms with E-state index in [9.17, 15) is 4.79 Å². The molecule has 202 valence electrons. The van der Waals surface area contributed by atoms with Crippen LogP contribution in [0.4, 0.5) is 0 Å². The summed E-state index contributed by atoms with van der Waals surface area (Å²) in [4.78, 5) is 17.4. The maximum atomic E-state index is 12.5. The second-order valence-electron chi connectivity index (χ2n) is 11.3. The Morgan fingerprint density at radius 3 is 1.44 bits per heavy atom. The molecule has 0 aromatic rings. The Morgan fingerprint density at radius 1 is 0.618 bits per heavy atom. The van der Waals surface area contributed by atoms with E-state index in [0.717, 1.165) is 31.8 Å². The van der Waals surface area contributed by atoms with Gasteiger partial charge in [0.25, 0.3) is 0 Å². The average molecular weight is 479 g/mol. The van der Waals surface area contributed by atoms with Crippen LogP contribution in [-0.4, -0.2) is 48.4 Å². The lowest BCUT2D eigenvalue weighted by Gasteiger charge is -2.30. The number of rotatable bonds is 23. The van der Waals surface area contributed by atoms with Gasteiger partial charge in [-0.1, -0.05) is 111 Å². The number of amides is 1. The van der Waals surface area contributed by atoms with Gasteiger partial charge in [0.15, 0.2) is 0 Å². The van der Waals surface area contributed by atoms with Gasteiger partial charge >= 0.3 is 0 Å². The highest BCUT2D eigenvalue weighted by molar-refractivity contribution is 5.76. The van der Waals surface area contributed by atoms with E-state index in [1.807, 2.05) is 0 Å². The molecule has 1 fully saturated rings. The highest BCUT2D eigenvalue weighted by Gasteiger charge is 2.19. The first-order valence-electron chi connectivity index (χ1n) is 15.7. The first-order chi connectivity index (χ1) is 16.7. The largest absolute Gasteiger partial charge is 0.343 e. The third kappa shape index (κ3) is 17.8. The van der Waals surface area contributed by atoms with Crippen LogP contribution in [0.2, 0.25) is 0 Å². The van der Waals surface area contributed by atoms with Gasteiger partial charge < -0.3 is 9.80 Å². The fourth-order valence-electron chi connectivity index (χ4n) is 5.30. The Hall–Kier alpha value is -0.570. The number of unbranched alkanes of at least 4 members (excludes halogenated alkanes) is 15. The Kier molecular flexibility index (Phi) is 21.2. The summed E-state index contributed by atoms with van der Waals surface area (Å²) < 4.78 is 0. The van der Waals surface area contributed by atoms with Gasteiger partial charge in [-0.05, 0) is 64.1 Å². The molecular weight excluding hydrogens is 416 g/mol. The number of nitrogens with zero attached hydrogens (tertiary/aromatic N) is 2. The highest BCUT2D eigenvalue weighted by Crippen LogP contribution is 2.17. The lowest BCUT2D eigenvalue weighted by molar-refractivity contribution is -0.132. The zero-order chi connectivity index (χ0) is 24.7. The van der Waals surface area contributed by atoms with Gasteiger partial charge in [-0.25, -0.2) is 0 Å². The van der Waals surface area contributed by atoms with Gasteiger partial charge in [0, 0.05) is 19.5 Å². The van der Waals surface area contributed by atoms with Crippen molar-refractivity contribution in [2.45, 2.75) is 156 Å². The first kappa shape index (κ1) is 31.5. The Balaban J connectivity index is 2.19. The summed E-state index contributed by atoms with van der Waals surface area (Å²) in [5.74, 6) is 1.20. The van der Waals surface area contributed by atoms with E-state index in [0.29, 0.717) is 5.91 Å². The molecule has 0 spiro atoms. The number of piperidine rings is 1. The van der Waals surface area contributed by atoms with E-state index in [1.54, 1.807) is 0 Å². The number of likely N-dealkylation sites (tertiary alicyclic amines) is 1. The van der Waals surface area contributed by atoms with E-state index >= 15 is 0 Å². The summed E-state index contributed by atoms with van der Waals surface area (Å²) in [6, 6.07) is 0. The minimum atomic E-state index is 0.407. The molecule has 0 aromatic carbocycles. The van der Waals surface area contributed by atoms with Crippen molar-refractivity contribution in [1.82, 2.24) is 9.80 Å². The lowest BCUT2D eigenvalue weighted by Crippen LogP contribution is -2.37. The molecule has 0 unspecified atom stereocenters. The normalized spacial score (nSPS) is 14.9. The van der Waals surface area contributed by atoms with Crippen molar-refractivity contribution in [2.24, 2.45) is 5.92 Å². The van der Waals surface area contributed by atoms with Gasteiger partial charge in [-0.2, -0.15) is 0 Å². The van der Waals surface area contributed by atoms with Crippen molar-refractivity contribution < 1.29 is 4.79 Å². The van der Waals surface area contributed by atoms with Crippen LogP contribution in [0.1, 0.15) is 156 Å². The predicted molar refractivity (Wildman–Crippen MR) is 150 cm³/mol. The van der Waals surface area contributed by atoms with Crippen LogP contribution in [0.5, 0.6) is 0 Å². The quantitative estimate of drug-likeness (QED) is 0.137. The van der Waals surface area contributed by atoms with E-state index in [2.05, 4.69) is 30.6 Å². The summed E-state index contributed by atoms with van der Waals surface area (Å²) in [6.07, 6.45) is 27.8. The molecule has 1 rings (SSSR count). The van der Waals surface area contributed by atoms with E-state index in [1.165, 1.54) is 142 Å². The third-order valence-electron chi connectivity index (χ3n) is 7.91. The molecule has 1 saturated heterocycles. The van der Waals surface area contributed by atoms with Crippen molar-refractivity contribution in [3.05, 3.63) is 0 Å². The summed E-state index contributed by atoms with van der Waals surface area (Å²) in [7, 11) is 0. The standard InChI is InChI=1S/C31H62N2O/c1-4-6-8-10-12-14-16-19-25-32(26-20-17-15-13-11-9-7-5-2)27-21-18-22-31(34)33-28-23-30(3)24-29-33/h30H,4-29H2,1-3H3. The molecule has 0 radical (unpaired) electrons. The maximum Gasteiger partial charge on any atom is 0.222 e. The molecular formula is C31H62N2O. The summed E-state index contributed by atoms with van der Waals surface area (Å²) in [5, 5.41) is 0.